The normalized spacial score (nSPS) is 33.1. The number of likely N-dealkylation sites (tertiary alicyclic amines) is 1. The van der Waals surface area contributed by atoms with Crippen LogP contribution in [0.2, 0.25) is 0 Å². The van der Waals surface area contributed by atoms with Crippen molar-refractivity contribution >= 4 is 0 Å². The first-order valence-electron chi connectivity index (χ1n) is 8.37. The Morgan fingerprint density at radius 2 is 2.00 bits per heavy atom. The van der Waals surface area contributed by atoms with E-state index in [1.807, 2.05) is 0 Å². The van der Waals surface area contributed by atoms with Crippen molar-refractivity contribution in [3.63, 3.8) is 0 Å². The Hall–Kier alpha value is -0.160. The zero-order chi connectivity index (χ0) is 14.0. The highest BCUT2D eigenvalue weighted by atomic mass is 16.5. The van der Waals surface area contributed by atoms with E-state index in [-0.39, 0.29) is 0 Å². The van der Waals surface area contributed by atoms with Gasteiger partial charge in [0.15, 0.2) is 0 Å². The molecule has 0 aromatic heterocycles. The van der Waals surface area contributed by atoms with E-state index < -0.39 is 0 Å². The van der Waals surface area contributed by atoms with Crippen LogP contribution < -0.4 is 5.32 Å². The highest BCUT2D eigenvalue weighted by molar-refractivity contribution is 4.93. The molecule has 2 aliphatic heterocycles. The van der Waals surface area contributed by atoms with Gasteiger partial charge in [0.2, 0.25) is 0 Å². The molecule has 1 unspecified atom stereocenters. The molecule has 116 valence electrons. The van der Waals surface area contributed by atoms with Gasteiger partial charge in [0.1, 0.15) is 0 Å². The van der Waals surface area contributed by atoms with Crippen molar-refractivity contribution in [2.45, 2.75) is 44.2 Å². The molecule has 0 radical (unpaired) electrons. The molecule has 3 fully saturated rings. The van der Waals surface area contributed by atoms with Crippen LogP contribution in [0.5, 0.6) is 0 Å². The minimum absolute atomic E-state index is 0.362. The summed E-state index contributed by atoms with van der Waals surface area (Å²) in [4.78, 5) is 5.07. The molecule has 20 heavy (non-hydrogen) atoms. The molecule has 0 bridgehead atoms. The third-order valence-electron chi connectivity index (χ3n) is 5.42. The summed E-state index contributed by atoms with van der Waals surface area (Å²) in [6.45, 7) is 6.74. The average molecular weight is 281 g/mol. The van der Waals surface area contributed by atoms with Gasteiger partial charge in [0, 0.05) is 37.2 Å². The predicted octanol–water partition coefficient (Wildman–Crippen LogP) is 1.17. The molecule has 2 saturated heterocycles. The molecule has 1 N–H and O–H groups in total. The van der Waals surface area contributed by atoms with Crippen LogP contribution in [0.1, 0.15) is 32.1 Å². The second-order valence-corrected chi connectivity index (χ2v) is 7.41. The lowest BCUT2D eigenvalue weighted by Gasteiger charge is -2.40. The Kier molecular flexibility index (Phi) is 4.65. The van der Waals surface area contributed by atoms with Crippen molar-refractivity contribution in [1.29, 1.82) is 0 Å². The smallest absolute Gasteiger partial charge is 0.0547 e. The number of hydrogen-bond donors (Lipinski definition) is 1. The van der Waals surface area contributed by atoms with Crippen molar-refractivity contribution in [1.82, 2.24) is 15.1 Å². The van der Waals surface area contributed by atoms with Crippen LogP contribution >= 0.6 is 0 Å². The fourth-order valence-electron chi connectivity index (χ4n) is 3.71. The molecule has 1 aliphatic carbocycles. The van der Waals surface area contributed by atoms with Crippen molar-refractivity contribution in [2.24, 2.45) is 5.41 Å². The Bertz CT molecular complexity index is 305. The predicted molar refractivity (Wildman–Crippen MR) is 82.0 cm³/mol. The highest BCUT2D eigenvalue weighted by Crippen LogP contribution is 2.32. The van der Waals surface area contributed by atoms with E-state index in [2.05, 4.69) is 29.2 Å². The lowest BCUT2D eigenvalue weighted by Crippen LogP contribution is -2.49. The molecule has 0 aromatic carbocycles. The Labute approximate surface area is 123 Å². The SMILES string of the molecule is CN1CCC(N(C)CC2(CNC3CC3)CCOC2)CC1. The Morgan fingerprint density at radius 3 is 2.60 bits per heavy atom. The van der Waals surface area contributed by atoms with E-state index in [0.717, 1.165) is 31.8 Å². The van der Waals surface area contributed by atoms with E-state index in [4.69, 9.17) is 4.74 Å². The van der Waals surface area contributed by atoms with Crippen molar-refractivity contribution in [2.75, 3.05) is 53.5 Å². The van der Waals surface area contributed by atoms with Gasteiger partial charge < -0.3 is 19.9 Å². The summed E-state index contributed by atoms with van der Waals surface area (Å²) in [6.07, 6.45) is 6.62. The van der Waals surface area contributed by atoms with Gasteiger partial charge in [0.05, 0.1) is 6.61 Å². The van der Waals surface area contributed by atoms with Crippen molar-refractivity contribution in [3.05, 3.63) is 0 Å². The molecule has 1 saturated carbocycles. The second-order valence-electron chi connectivity index (χ2n) is 7.41. The summed E-state index contributed by atoms with van der Waals surface area (Å²) in [5.74, 6) is 0. The van der Waals surface area contributed by atoms with E-state index in [1.165, 1.54) is 51.7 Å². The first-order chi connectivity index (χ1) is 9.67. The van der Waals surface area contributed by atoms with Gasteiger partial charge in [-0.2, -0.15) is 0 Å². The van der Waals surface area contributed by atoms with Crippen molar-refractivity contribution in [3.8, 4) is 0 Å². The van der Waals surface area contributed by atoms with E-state index in [0.29, 0.717) is 5.41 Å². The fourth-order valence-corrected chi connectivity index (χ4v) is 3.71. The van der Waals surface area contributed by atoms with Gasteiger partial charge in [-0.3, -0.25) is 0 Å². The van der Waals surface area contributed by atoms with E-state index in [1.54, 1.807) is 0 Å². The number of rotatable bonds is 6. The molecular formula is C16H31N3O. The minimum atomic E-state index is 0.362. The summed E-state index contributed by atoms with van der Waals surface area (Å²) in [5, 5.41) is 3.74. The molecular weight excluding hydrogens is 250 g/mol. The largest absolute Gasteiger partial charge is 0.381 e. The van der Waals surface area contributed by atoms with Crippen LogP contribution in [0.3, 0.4) is 0 Å². The monoisotopic (exact) mass is 281 g/mol. The maximum absolute atomic E-state index is 5.74. The summed E-state index contributed by atoms with van der Waals surface area (Å²) >= 11 is 0. The topological polar surface area (TPSA) is 27.7 Å². The van der Waals surface area contributed by atoms with Crippen LogP contribution in [0.15, 0.2) is 0 Å². The minimum Gasteiger partial charge on any atom is -0.381 e. The van der Waals surface area contributed by atoms with Gasteiger partial charge in [-0.05, 0) is 59.3 Å². The molecule has 4 heteroatoms. The standard InChI is InChI=1S/C16H31N3O/c1-18-8-5-15(6-9-18)19(2)12-16(7-10-20-13-16)11-17-14-3-4-14/h14-15,17H,3-13H2,1-2H3. The van der Waals surface area contributed by atoms with Crippen LogP contribution in [0, 0.1) is 5.41 Å². The van der Waals surface area contributed by atoms with Crippen LogP contribution in [-0.2, 0) is 4.74 Å². The molecule has 3 rings (SSSR count). The van der Waals surface area contributed by atoms with Crippen LogP contribution in [0.25, 0.3) is 0 Å². The van der Waals surface area contributed by atoms with Gasteiger partial charge in [-0.1, -0.05) is 0 Å². The van der Waals surface area contributed by atoms with E-state index >= 15 is 0 Å². The third kappa shape index (κ3) is 3.73. The lowest BCUT2D eigenvalue weighted by atomic mass is 9.85. The number of nitrogens with zero attached hydrogens (tertiary/aromatic N) is 2. The molecule has 2 heterocycles. The third-order valence-corrected chi connectivity index (χ3v) is 5.42. The maximum Gasteiger partial charge on any atom is 0.0547 e. The van der Waals surface area contributed by atoms with Crippen LogP contribution in [0.4, 0.5) is 0 Å². The molecule has 0 amide bonds. The lowest BCUT2D eigenvalue weighted by molar-refractivity contribution is 0.0771. The van der Waals surface area contributed by atoms with E-state index in [9.17, 15) is 0 Å². The molecule has 0 spiro atoms. The van der Waals surface area contributed by atoms with Gasteiger partial charge in [-0.15, -0.1) is 0 Å². The highest BCUT2D eigenvalue weighted by Gasteiger charge is 2.38. The van der Waals surface area contributed by atoms with Crippen LogP contribution in [-0.4, -0.2) is 75.4 Å². The second kappa shape index (κ2) is 6.30. The fraction of sp³-hybridized carbons (Fsp3) is 1.00. The van der Waals surface area contributed by atoms with Gasteiger partial charge in [0.25, 0.3) is 0 Å². The number of hydrogen-bond acceptors (Lipinski definition) is 4. The van der Waals surface area contributed by atoms with Crippen molar-refractivity contribution < 1.29 is 4.74 Å². The quantitative estimate of drug-likeness (QED) is 0.791. The molecule has 3 aliphatic rings. The summed E-state index contributed by atoms with van der Waals surface area (Å²) in [7, 11) is 4.56. The van der Waals surface area contributed by atoms with Gasteiger partial charge in [-0.25, -0.2) is 0 Å². The Morgan fingerprint density at radius 1 is 1.25 bits per heavy atom. The zero-order valence-corrected chi connectivity index (χ0v) is 13.2. The molecule has 1 atom stereocenters. The number of piperidine rings is 1. The first-order valence-corrected chi connectivity index (χ1v) is 8.37. The number of ether oxygens (including phenoxy) is 1. The average Bonchev–Trinajstić information content (AvgIpc) is 3.17. The maximum atomic E-state index is 5.74. The Balaban J connectivity index is 1.52. The summed E-state index contributed by atoms with van der Waals surface area (Å²) in [5.41, 5.74) is 0.362. The number of nitrogens with one attached hydrogen (secondary N) is 1. The van der Waals surface area contributed by atoms with Gasteiger partial charge >= 0.3 is 0 Å². The first kappa shape index (κ1) is 14.8. The summed E-state index contributed by atoms with van der Waals surface area (Å²) < 4.78 is 5.74. The zero-order valence-electron chi connectivity index (χ0n) is 13.2. The molecule has 4 nitrogen and oxygen atoms in total. The summed E-state index contributed by atoms with van der Waals surface area (Å²) in [6, 6.07) is 1.57. The molecule has 0 aromatic rings.